The molecule has 0 heterocycles. The summed E-state index contributed by atoms with van der Waals surface area (Å²) in [6.07, 6.45) is 0. The molecule has 0 aromatic rings. The molecule has 0 fully saturated rings. The molecule has 0 rings (SSSR count). The molecule has 0 bridgehead atoms. The molecular formula is C8H22IN+2. The lowest BCUT2D eigenvalue weighted by Crippen LogP contribution is -3.00. The van der Waals surface area contributed by atoms with Gasteiger partial charge in [-0.2, -0.15) is 0 Å². The summed E-state index contributed by atoms with van der Waals surface area (Å²) in [4.78, 5) is 0. The molecule has 0 aromatic carbocycles. The number of halogens is 1. The van der Waals surface area contributed by atoms with E-state index in [2.05, 4.69) is 27.7 Å². The monoisotopic (exact) mass is 259 g/mol. The van der Waals surface area contributed by atoms with Crippen LogP contribution in [-0.2, 0) is 0 Å². The SMILES string of the molecule is CC[N+](CC)(CC)CC.[IH2+]. The Morgan fingerprint density at radius 1 is 0.700 bits per heavy atom. The first-order valence-corrected chi connectivity index (χ1v) is 4.09. The second-order valence-electron chi connectivity index (χ2n) is 2.61. The fraction of sp³-hybridized carbons (Fsp3) is 1.00. The van der Waals surface area contributed by atoms with E-state index in [-0.39, 0.29) is 24.0 Å². The molecule has 0 amide bonds. The van der Waals surface area contributed by atoms with Crippen molar-refractivity contribution in [1.82, 2.24) is 0 Å². The Hall–Kier alpha value is 0.690. The second kappa shape index (κ2) is 6.40. The Morgan fingerprint density at radius 2 is 0.900 bits per heavy atom. The molecule has 0 spiro atoms. The van der Waals surface area contributed by atoms with Crippen molar-refractivity contribution in [3.8, 4) is 0 Å². The summed E-state index contributed by atoms with van der Waals surface area (Å²) < 4.78 is 1.28. The predicted molar refractivity (Wildman–Crippen MR) is 45.2 cm³/mol. The maximum Gasteiger partial charge on any atom is 0.235 e. The van der Waals surface area contributed by atoms with Crippen molar-refractivity contribution in [3.63, 3.8) is 0 Å². The van der Waals surface area contributed by atoms with Gasteiger partial charge in [0, 0.05) is 0 Å². The van der Waals surface area contributed by atoms with E-state index in [9.17, 15) is 0 Å². The minimum Gasteiger partial charge on any atom is -0.325 e. The molecule has 0 aliphatic rings. The average molecular weight is 259 g/mol. The molecule has 0 N–H and O–H groups in total. The normalized spacial score (nSPS) is 10.8. The second-order valence-corrected chi connectivity index (χ2v) is 2.61. The van der Waals surface area contributed by atoms with E-state index >= 15 is 0 Å². The van der Waals surface area contributed by atoms with Gasteiger partial charge in [0.2, 0.25) is 24.0 Å². The number of hydrogen-bond donors (Lipinski definition) is 0. The summed E-state index contributed by atoms with van der Waals surface area (Å²) in [6, 6.07) is 0. The number of nitrogens with zero attached hydrogens (tertiary/aromatic N) is 1. The quantitative estimate of drug-likeness (QED) is 0.419. The third-order valence-electron chi connectivity index (χ3n) is 2.68. The highest BCUT2D eigenvalue weighted by Crippen LogP contribution is 2.03. The van der Waals surface area contributed by atoms with Gasteiger partial charge in [-0.15, -0.1) is 0 Å². The Bertz CT molecular complexity index is 52.1. The van der Waals surface area contributed by atoms with Crippen LogP contribution in [0.2, 0.25) is 0 Å². The van der Waals surface area contributed by atoms with Gasteiger partial charge >= 0.3 is 0 Å². The van der Waals surface area contributed by atoms with Gasteiger partial charge in [0.1, 0.15) is 0 Å². The maximum absolute atomic E-state index is 2.27. The van der Waals surface area contributed by atoms with Crippen LogP contribution in [0.15, 0.2) is 0 Å². The van der Waals surface area contributed by atoms with Gasteiger partial charge < -0.3 is 4.48 Å². The van der Waals surface area contributed by atoms with E-state index in [0.29, 0.717) is 0 Å². The largest absolute Gasteiger partial charge is 0.325 e. The van der Waals surface area contributed by atoms with Crippen molar-refractivity contribution < 1.29 is 28.5 Å². The smallest absolute Gasteiger partial charge is 0.235 e. The van der Waals surface area contributed by atoms with E-state index in [1.807, 2.05) is 0 Å². The zero-order valence-electron chi connectivity index (χ0n) is 7.72. The Kier molecular flexibility index (Phi) is 8.51. The number of hydrogen-bond acceptors (Lipinski definition) is 0. The Balaban J connectivity index is 0. The highest BCUT2D eigenvalue weighted by Gasteiger charge is 2.16. The van der Waals surface area contributed by atoms with E-state index in [4.69, 9.17) is 0 Å². The van der Waals surface area contributed by atoms with Crippen LogP contribution >= 0.6 is 0 Å². The molecule has 0 aromatic heterocycles. The lowest BCUT2D eigenvalue weighted by atomic mass is 10.3. The third-order valence-corrected chi connectivity index (χ3v) is 2.68. The minimum absolute atomic E-state index is 0. The third kappa shape index (κ3) is 3.19. The van der Waals surface area contributed by atoms with Crippen molar-refractivity contribution >= 4 is 0 Å². The lowest BCUT2D eigenvalue weighted by molar-refractivity contribution is -0.921. The van der Waals surface area contributed by atoms with E-state index in [1.165, 1.54) is 30.7 Å². The van der Waals surface area contributed by atoms with E-state index in [0.717, 1.165) is 0 Å². The van der Waals surface area contributed by atoms with Crippen LogP contribution in [0.1, 0.15) is 27.7 Å². The van der Waals surface area contributed by atoms with E-state index < -0.39 is 0 Å². The van der Waals surface area contributed by atoms with Gasteiger partial charge in [-0.1, -0.05) is 0 Å². The molecule has 10 heavy (non-hydrogen) atoms. The van der Waals surface area contributed by atoms with Crippen molar-refractivity contribution in [2.75, 3.05) is 26.2 Å². The average Bonchev–Trinajstić information content (AvgIpc) is 1.95. The Labute approximate surface area is 82.4 Å². The zero-order valence-corrected chi connectivity index (χ0v) is 10.3. The minimum atomic E-state index is 0. The van der Waals surface area contributed by atoms with Crippen molar-refractivity contribution in [1.29, 1.82) is 0 Å². The van der Waals surface area contributed by atoms with Crippen LogP contribution in [0.3, 0.4) is 0 Å². The molecule has 1 nitrogen and oxygen atoms in total. The lowest BCUT2D eigenvalue weighted by Gasteiger charge is -2.34. The summed E-state index contributed by atoms with van der Waals surface area (Å²) in [5.41, 5.74) is 0. The molecule has 2 heteroatoms. The molecule has 64 valence electrons. The molecule has 0 radical (unpaired) electrons. The van der Waals surface area contributed by atoms with Crippen molar-refractivity contribution in [3.05, 3.63) is 0 Å². The van der Waals surface area contributed by atoms with Crippen molar-refractivity contribution in [2.24, 2.45) is 0 Å². The molecule has 0 atom stereocenters. The summed E-state index contributed by atoms with van der Waals surface area (Å²) in [5.74, 6) is 0. The highest BCUT2D eigenvalue weighted by molar-refractivity contribution is 4.31. The van der Waals surface area contributed by atoms with Crippen LogP contribution in [0.4, 0.5) is 0 Å². The first-order chi connectivity index (χ1) is 4.24. The molecule has 0 aliphatic heterocycles. The fourth-order valence-corrected chi connectivity index (χ4v) is 1.34. The van der Waals surface area contributed by atoms with Gasteiger partial charge in [-0.25, -0.2) is 0 Å². The highest BCUT2D eigenvalue weighted by atomic mass is 127. The van der Waals surface area contributed by atoms with Gasteiger partial charge in [0.15, 0.2) is 0 Å². The van der Waals surface area contributed by atoms with Gasteiger partial charge in [0.25, 0.3) is 0 Å². The first-order valence-electron chi connectivity index (χ1n) is 4.09. The maximum atomic E-state index is 2.27. The number of quaternary nitrogens is 1. The van der Waals surface area contributed by atoms with Crippen molar-refractivity contribution in [2.45, 2.75) is 27.7 Å². The fourth-order valence-electron chi connectivity index (χ4n) is 1.34. The van der Waals surface area contributed by atoms with Gasteiger partial charge in [0.05, 0.1) is 26.2 Å². The van der Waals surface area contributed by atoms with E-state index in [1.54, 1.807) is 0 Å². The molecule has 0 aliphatic carbocycles. The summed E-state index contributed by atoms with van der Waals surface area (Å²) in [7, 11) is 0. The van der Waals surface area contributed by atoms with Crippen LogP contribution in [-0.4, -0.2) is 30.7 Å². The molecular weight excluding hydrogens is 237 g/mol. The Morgan fingerprint density at radius 3 is 0.900 bits per heavy atom. The van der Waals surface area contributed by atoms with Crippen LogP contribution < -0.4 is 24.0 Å². The summed E-state index contributed by atoms with van der Waals surface area (Å²) >= 11 is 0. The summed E-state index contributed by atoms with van der Waals surface area (Å²) in [5, 5.41) is 0. The first kappa shape index (κ1) is 13.3. The van der Waals surface area contributed by atoms with Crippen LogP contribution in [0.5, 0.6) is 0 Å². The predicted octanol–water partition coefficient (Wildman–Crippen LogP) is -1.65. The standard InChI is InChI=1S/C8H20N.H2I/c1-5-9(6-2,7-3)8-4;/h5-8H2,1-4H3;1H2/q2*+1. The molecule has 0 saturated carbocycles. The van der Waals surface area contributed by atoms with Gasteiger partial charge in [-0.05, 0) is 27.7 Å². The topological polar surface area (TPSA) is 0 Å². The summed E-state index contributed by atoms with van der Waals surface area (Å²) in [6.45, 7) is 14.2. The molecule has 0 unspecified atom stereocenters. The van der Waals surface area contributed by atoms with Crippen LogP contribution in [0.25, 0.3) is 0 Å². The zero-order chi connectivity index (χ0) is 7.33. The van der Waals surface area contributed by atoms with Crippen LogP contribution in [0, 0.1) is 0 Å². The number of rotatable bonds is 4. The molecule has 0 saturated heterocycles. The van der Waals surface area contributed by atoms with Gasteiger partial charge in [-0.3, -0.25) is 0 Å².